The lowest BCUT2D eigenvalue weighted by Crippen LogP contribution is -2.17. The molecule has 0 aliphatic rings. The summed E-state index contributed by atoms with van der Waals surface area (Å²) in [6, 6.07) is 5.18. The molecule has 0 unspecified atom stereocenters. The largest absolute Gasteiger partial charge is 0.454 e. The molecule has 0 N–H and O–H groups in total. The summed E-state index contributed by atoms with van der Waals surface area (Å²) in [5.74, 6) is 1.02. The smallest absolute Gasteiger partial charge is 0.169 e. The van der Waals surface area contributed by atoms with Gasteiger partial charge in [0.05, 0.1) is 0 Å². The van der Waals surface area contributed by atoms with Crippen LogP contribution < -0.4 is 0 Å². The van der Waals surface area contributed by atoms with E-state index in [1.54, 1.807) is 0 Å². The monoisotopic (exact) mass is 272 g/mol. The molecule has 0 saturated heterocycles. The average Bonchev–Trinajstić information content (AvgIpc) is 2.44. The molecular weight excluding hydrogens is 256 g/mol. The van der Waals surface area contributed by atoms with E-state index in [1.807, 2.05) is 12.1 Å². The van der Waals surface area contributed by atoms with Crippen LogP contribution in [0.4, 0.5) is 0 Å². The van der Waals surface area contributed by atoms with E-state index >= 15 is 0 Å². The minimum Gasteiger partial charge on any atom is -0.454 e. The predicted molar refractivity (Wildman–Crippen MR) is 67.4 cm³/mol. The first-order chi connectivity index (χ1) is 6.47. The minimum atomic E-state index is -0.917. The zero-order valence-corrected chi connectivity index (χ0v) is 11.6. The van der Waals surface area contributed by atoms with Gasteiger partial charge >= 0.3 is 0 Å². The molecular formula is C11H17BrOSi. The minimum absolute atomic E-state index is 0.811. The number of hydrogen-bond acceptors (Lipinski definition) is 1. The van der Waals surface area contributed by atoms with Crippen LogP contribution >= 0.6 is 15.9 Å². The second-order valence-electron chi connectivity index (χ2n) is 4.65. The van der Waals surface area contributed by atoms with E-state index in [2.05, 4.69) is 47.7 Å². The number of hydrogen-bond donors (Lipinski definition) is 0. The third kappa shape index (κ3) is 4.82. The molecule has 0 fully saturated rings. The zero-order chi connectivity index (χ0) is 10.6. The first kappa shape index (κ1) is 11.8. The molecule has 0 aliphatic carbocycles. The van der Waals surface area contributed by atoms with Gasteiger partial charge in [-0.1, -0.05) is 31.8 Å². The summed E-state index contributed by atoms with van der Waals surface area (Å²) in [6.45, 7) is 7.13. The Hall–Kier alpha value is -0.283. The van der Waals surface area contributed by atoms with Crippen molar-refractivity contribution in [2.75, 3.05) is 0 Å². The van der Waals surface area contributed by atoms with Crippen LogP contribution in [0.1, 0.15) is 5.76 Å². The SMILES string of the molecule is C[Si](C)(C)C/C=C/Cc1ccc(Br)o1. The maximum Gasteiger partial charge on any atom is 0.169 e. The molecule has 1 heterocycles. The van der Waals surface area contributed by atoms with E-state index in [4.69, 9.17) is 4.42 Å². The van der Waals surface area contributed by atoms with Gasteiger partial charge in [-0.25, -0.2) is 0 Å². The Kier molecular flexibility index (Phi) is 4.20. The van der Waals surface area contributed by atoms with Crippen molar-refractivity contribution in [3.8, 4) is 0 Å². The van der Waals surface area contributed by atoms with Crippen LogP contribution in [0, 0.1) is 0 Å². The maximum atomic E-state index is 5.39. The van der Waals surface area contributed by atoms with Gasteiger partial charge in [-0.3, -0.25) is 0 Å². The maximum absolute atomic E-state index is 5.39. The van der Waals surface area contributed by atoms with Crippen LogP contribution in [0.3, 0.4) is 0 Å². The van der Waals surface area contributed by atoms with Crippen LogP contribution in [-0.4, -0.2) is 8.07 Å². The molecule has 1 aromatic heterocycles. The predicted octanol–water partition coefficient (Wildman–Crippen LogP) is 4.48. The zero-order valence-electron chi connectivity index (χ0n) is 9.01. The van der Waals surface area contributed by atoms with Crippen LogP contribution in [-0.2, 0) is 6.42 Å². The molecule has 0 atom stereocenters. The molecule has 0 radical (unpaired) electrons. The lowest BCUT2D eigenvalue weighted by Gasteiger charge is -2.11. The van der Waals surface area contributed by atoms with Crippen LogP contribution in [0.5, 0.6) is 0 Å². The van der Waals surface area contributed by atoms with E-state index in [9.17, 15) is 0 Å². The Morgan fingerprint density at radius 3 is 2.50 bits per heavy atom. The van der Waals surface area contributed by atoms with E-state index in [0.29, 0.717) is 0 Å². The Bertz CT molecular complexity index is 309. The Balaban J connectivity index is 2.34. The normalized spacial score (nSPS) is 12.6. The highest BCUT2D eigenvalue weighted by Gasteiger charge is 2.09. The fourth-order valence-corrected chi connectivity index (χ4v) is 2.31. The van der Waals surface area contributed by atoms with Crippen molar-refractivity contribution in [2.24, 2.45) is 0 Å². The molecule has 1 nitrogen and oxygen atoms in total. The summed E-state index contributed by atoms with van der Waals surface area (Å²) in [7, 11) is -0.917. The quantitative estimate of drug-likeness (QED) is 0.582. The molecule has 0 spiro atoms. The topological polar surface area (TPSA) is 13.1 Å². The third-order valence-corrected chi connectivity index (χ3v) is 3.73. The van der Waals surface area contributed by atoms with Gasteiger partial charge in [0.1, 0.15) is 5.76 Å². The molecule has 1 aromatic rings. The summed E-state index contributed by atoms with van der Waals surface area (Å²) in [5, 5.41) is 0. The molecule has 0 saturated carbocycles. The van der Waals surface area contributed by atoms with E-state index in [1.165, 1.54) is 6.04 Å². The Morgan fingerprint density at radius 2 is 2.00 bits per heavy atom. The lowest BCUT2D eigenvalue weighted by molar-refractivity contribution is 0.500. The highest BCUT2D eigenvalue weighted by molar-refractivity contribution is 9.10. The van der Waals surface area contributed by atoms with Crippen molar-refractivity contribution in [1.82, 2.24) is 0 Å². The summed E-state index contributed by atoms with van der Waals surface area (Å²) >= 11 is 3.29. The summed E-state index contributed by atoms with van der Waals surface area (Å²) in [6.07, 6.45) is 5.38. The fourth-order valence-electron chi connectivity index (χ4n) is 1.10. The molecule has 1 rings (SSSR count). The van der Waals surface area contributed by atoms with Crippen LogP contribution in [0.25, 0.3) is 0 Å². The van der Waals surface area contributed by atoms with E-state index in [-0.39, 0.29) is 0 Å². The molecule has 0 aromatic carbocycles. The number of halogens is 1. The standard InChI is InChI=1S/C11H17BrOSi/c1-14(2,3)9-5-4-6-10-7-8-11(12)13-10/h4-5,7-8H,6,9H2,1-3H3/b5-4+. The van der Waals surface area contributed by atoms with Gasteiger partial charge < -0.3 is 4.42 Å². The number of furan rings is 1. The molecule has 0 aliphatic heterocycles. The Morgan fingerprint density at radius 1 is 1.29 bits per heavy atom. The summed E-state index contributed by atoms with van der Waals surface area (Å²) < 4.78 is 6.20. The highest BCUT2D eigenvalue weighted by Crippen LogP contribution is 2.15. The second-order valence-corrected chi connectivity index (χ2v) is 11.0. The second kappa shape index (κ2) is 4.98. The first-order valence-electron chi connectivity index (χ1n) is 4.86. The van der Waals surface area contributed by atoms with Crippen LogP contribution in [0.2, 0.25) is 25.7 Å². The first-order valence-corrected chi connectivity index (χ1v) is 9.36. The summed E-state index contributed by atoms with van der Waals surface area (Å²) in [4.78, 5) is 0. The molecule has 78 valence electrons. The molecule has 0 amide bonds. The number of rotatable bonds is 4. The molecule has 3 heteroatoms. The lowest BCUT2D eigenvalue weighted by atomic mass is 10.3. The van der Waals surface area contributed by atoms with Gasteiger partial charge in [0.15, 0.2) is 4.67 Å². The van der Waals surface area contributed by atoms with Crippen molar-refractivity contribution in [1.29, 1.82) is 0 Å². The van der Waals surface area contributed by atoms with Gasteiger partial charge in [-0.15, -0.1) is 0 Å². The third-order valence-electron chi connectivity index (χ3n) is 1.84. The van der Waals surface area contributed by atoms with Crippen molar-refractivity contribution in [3.63, 3.8) is 0 Å². The molecule has 0 bridgehead atoms. The van der Waals surface area contributed by atoms with Crippen molar-refractivity contribution < 1.29 is 4.42 Å². The van der Waals surface area contributed by atoms with Gasteiger partial charge in [0.2, 0.25) is 0 Å². The van der Waals surface area contributed by atoms with E-state index < -0.39 is 8.07 Å². The van der Waals surface area contributed by atoms with Crippen molar-refractivity contribution >= 4 is 24.0 Å². The number of allylic oxidation sites excluding steroid dienone is 2. The van der Waals surface area contributed by atoms with Gasteiger partial charge in [0, 0.05) is 14.5 Å². The van der Waals surface area contributed by atoms with Gasteiger partial charge in [-0.2, -0.15) is 0 Å². The van der Waals surface area contributed by atoms with E-state index in [0.717, 1.165) is 16.9 Å². The highest BCUT2D eigenvalue weighted by atomic mass is 79.9. The fraction of sp³-hybridized carbons (Fsp3) is 0.455. The molecule has 14 heavy (non-hydrogen) atoms. The van der Waals surface area contributed by atoms with Crippen molar-refractivity contribution in [2.45, 2.75) is 32.1 Å². The van der Waals surface area contributed by atoms with Crippen molar-refractivity contribution in [3.05, 3.63) is 34.7 Å². The van der Waals surface area contributed by atoms with Gasteiger partial charge in [-0.05, 0) is 34.1 Å². The van der Waals surface area contributed by atoms with Crippen LogP contribution in [0.15, 0.2) is 33.4 Å². The summed E-state index contributed by atoms with van der Waals surface area (Å²) in [5.41, 5.74) is 0. The average molecular weight is 273 g/mol. The Labute approximate surface area is 95.3 Å². The van der Waals surface area contributed by atoms with Gasteiger partial charge in [0.25, 0.3) is 0 Å².